The van der Waals surface area contributed by atoms with E-state index in [4.69, 9.17) is 16.7 Å². The predicted molar refractivity (Wildman–Crippen MR) is 225 cm³/mol. The average Bonchev–Trinajstić information content (AvgIpc) is 3.91. The fourth-order valence-electron chi connectivity index (χ4n) is 10.3. The standard InChI is InChI=1S/C47H37ClN4O6S/c1-24-33-21-28(48)14-19-37(33)59-42(24)36-23-38(50(3)49-36)52-44(56)35-22-34-31(40(47(35,2)46(52)58)27-10-7-11-30(53)20-27)17-18-32-39(34)45(57)51(43(32)55)29-15-12-26(13-16-29)41(54)25-8-5-4-6-9-25/h4-17,19-21,23,32,34-35,39-40,53H,18,22H2,1-3H3. The Hall–Kier alpha value is -6.17. The first-order chi connectivity index (χ1) is 28.4. The summed E-state index contributed by atoms with van der Waals surface area (Å²) in [4.78, 5) is 75.4. The highest BCUT2D eigenvalue weighted by Gasteiger charge is 2.68. The minimum atomic E-state index is -1.29. The van der Waals surface area contributed by atoms with E-state index < -0.39 is 46.8 Å². The summed E-state index contributed by atoms with van der Waals surface area (Å²) in [5, 5.41) is 17.2. The van der Waals surface area contributed by atoms with Gasteiger partial charge in [0.1, 0.15) is 17.3 Å². The van der Waals surface area contributed by atoms with Crippen LogP contribution in [0.5, 0.6) is 5.75 Å². The molecule has 4 amide bonds. The maximum Gasteiger partial charge on any atom is 0.242 e. The second-order valence-corrected chi connectivity index (χ2v) is 17.7. The fraction of sp³-hybridized carbons (Fsp3) is 0.234. The molecule has 294 valence electrons. The number of halogens is 1. The summed E-state index contributed by atoms with van der Waals surface area (Å²) in [6.45, 7) is 3.82. The number of hydrogen-bond acceptors (Lipinski definition) is 8. The molecule has 4 heterocycles. The molecular weight excluding hydrogens is 784 g/mol. The molecule has 0 bridgehead atoms. The van der Waals surface area contributed by atoms with Gasteiger partial charge in [-0.2, -0.15) is 5.10 Å². The number of nitrogens with zero attached hydrogens (tertiary/aromatic N) is 4. The van der Waals surface area contributed by atoms with Crippen molar-refractivity contribution in [2.75, 3.05) is 9.80 Å². The average molecular weight is 821 g/mol. The van der Waals surface area contributed by atoms with Crippen molar-refractivity contribution in [3.63, 3.8) is 0 Å². The number of anilines is 2. The lowest BCUT2D eigenvalue weighted by Crippen LogP contribution is -2.48. The molecule has 0 radical (unpaired) electrons. The SMILES string of the molecule is Cc1c(-c2cc(N3C(=O)C4CC5C(=CCC6C(=O)N(c7ccc(C(=O)c8ccccc8)cc7)C(=O)C65)C(c5cccc(O)c5)C4(C)C3=O)n(C)n2)sc2ccc(Cl)cc12. The third-order valence-corrected chi connectivity index (χ3v) is 14.6. The summed E-state index contributed by atoms with van der Waals surface area (Å²) >= 11 is 7.89. The number of phenols is 1. The van der Waals surface area contributed by atoms with Crippen LogP contribution in [0.4, 0.5) is 11.5 Å². The third kappa shape index (κ3) is 5.44. The number of benzene rings is 4. The van der Waals surface area contributed by atoms with Crippen molar-refractivity contribution in [1.29, 1.82) is 0 Å². The number of carbonyl (C=O) groups excluding carboxylic acids is 5. The van der Waals surface area contributed by atoms with Crippen molar-refractivity contribution in [2.45, 2.75) is 32.6 Å². The number of ketones is 1. The molecule has 6 atom stereocenters. The first-order valence-electron chi connectivity index (χ1n) is 19.5. The van der Waals surface area contributed by atoms with E-state index in [0.717, 1.165) is 26.1 Å². The largest absolute Gasteiger partial charge is 0.508 e. The van der Waals surface area contributed by atoms with E-state index in [9.17, 15) is 24.3 Å². The number of phenolic OH excluding ortho intramolecular Hbond substituents is 1. The number of thiophene rings is 1. The van der Waals surface area contributed by atoms with Gasteiger partial charge in [-0.3, -0.25) is 33.6 Å². The van der Waals surface area contributed by atoms with Crippen molar-refractivity contribution in [1.82, 2.24) is 9.78 Å². The van der Waals surface area contributed by atoms with E-state index in [1.54, 1.807) is 95.9 Å². The molecule has 0 spiro atoms. The second kappa shape index (κ2) is 13.4. The van der Waals surface area contributed by atoms with E-state index in [0.29, 0.717) is 38.9 Å². The molecule has 2 aromatic heterocycles. The Bertz CT molecular complexity index is 2850. The molecule has 6 unspecified atom stereocenters. The Morgan fingerprint density at radius 3 is 2.34 bits per heavy atom. The lowest BCUT2D eigenvalue weighted by molar-refractivity contribution is -0.131. The summed E-state index contributed by atoms with van der Waals surface area (Å²) < 4.78 is 2.60. The van der Waals surface area contributed by atoms with E-state index in [1.165, 1.54) is 9.80 Å². The van der Waals surface area contributed by atoms with Gasteiger partial charge in [0.05, 0.1) is 33.7 Å². The van der Waals surface area contributed by atoms with Crippen molar-refractivity contribution in [3.8, 4) is 16.3 Å². The van der Waals surface area contributed by atoms with Crippen LogP contribution in [0.25, 0.3) is 20.7 Å². The van der Waals surface area contributed by atoms with Gasteiger partial charge >= 0.3 is 0 Å². The van der Waals surface area contributed by atoms with Gasteiger partial charge in [-0.25, -0.2) is 4.90 Å². The van der Waals surface area contributed by atoms with Crippen molar-refractivity contribution < 1.29 is 29.1 Å². The van der Waals surface area contributed by atoms with Crippen LogP contribution in [0.2, 0.25) is 5.02 Å². The summed E-state index contributed by atoms with van der Waals surface area (Å²) in [7, 11) is 1.71. The van der Waals surface area contributed by atoms with Gasteiger partial charge in [-0.05, 0) is 104 Å². The molecule has 10 nitrogen and oxygen atoms in total. The molecule has 2 saturated heterocycles. The molecule has 10 rings (SSSR count). The number of allylic oxidation sites excluding steroid dienone is 2. The number of carbonyl (C=O) groups is 5. The highest BCUT2D eigenvalue weighted by Crippen LogP contribution is 2.64. The van der Waals surface area contributed by atoms with Crippen molar-refractivity contribution in [2.24, 2.45) is 36.1 Å². The number of aromatic hydroxyl groups is 1. The van der Waals surface area contributed by atoms with Crippen LogP contribution >= 0.6 is 22.9 Å². The summed E-state index contributed by atoms with van der Waals surface area (Å²) in [6, 6.07) is 29.6. The lowest BCUT2D eigenvalue weighted by atomic mass is 9.51. The molecule has 6 aromatic rings. The first-order valence-corrected chi connectivity index (χ1v) is 20.7. The predicted octanol–water partition coefficient (Wildman–Crippen LogP) is 8.64. The number of imide groups is 2. The van der Waals surface area contributed by atoms with Gasteiger partial charge in [-0.1, -0.05) is 65.7 Å². The van der Waals surface area contributed by atoms with Crippen molar-refractivity contribution >= 4 is 73.9 Å². The maximum atomic E-state index is 15.1. The van der Waals surface area contributed by atoms with Crippen LogP contribution in [0.15, 0.2) is 115 Å². The highest BCUT2D eigenvalue weighted by atomic mass is 35.5. The summed E-state index contributed by atoms with van der Waals surface area (Å²) in [5.74, 6) is -4.84. The Morgan fingerprint density at radius 2 is 1.59 bits per heavy atom. The van der Waals surface area contributed by atoms with Gasteiger partial charge in [0.2, 0.25) is 23.6 Å². The third-order valence-electron chi connectivity index (χ3n) is 13.1. The van der Waals surface area contributed by atoms with Crippen LogP contribution in [0, 0.1) is 36.0 Å². The Kier molecular flexibility index (Phi) is 8.45. The van der Waals surface area contributed by atoms with Gasteiger partial charge in [-0.15, -0.1) is 11.3 Å². The second-order valence-electron chi connectivity index (χ2n) is 16.2. The zero-order valence-corrected chi connectivity index (χ0v) is 33.8. The van der Waals surface area contributed by atoms with Gasteiger partial charge in [0, 0.05) is 39.9 Å². The topological polar surface area (TPSA) is 130 Å². The van der Waals surface area contributed by atoms with E-state index >= 15 is 4.79 Å². The van der Waals surface area contributed by atoms with Crippen molar-refractivity contribution in [3.05, 3.63) is 142 Å². The van der Waals surface area contributed by atoms with Crippen LogP contribution in [0.1, 0.15) is 52.7 Å². The van der Waals surface area contributed by atoms with Crippen LogP contribution in [-0.2, 0) is 26.2 Å². The molecule has 2 aliphatic carbocycles. The minimum absolute atomic E-state index is 0.0106. The first kappa shape index (κ1) is 37.1. The van der Waals surface area contributed by atoms with Gasteiger partial charge in [0.15, 0.2) is 5.78 Å². The molecule has 1 N–H and O–H groups in total. The zero-order chi connectivity index (χ0) is 41.1. The summed E-state index contributed by atoms with van der Waals surface area (Å²) in [6.07, 6.45) is 2.43. The lowest BCUT2D eigenvalue weighted by Gasteiger charge is -2.49. The summed E-state index contributed by atoms with van der Waals surface area (Å²) in [5.41, 5.74) is 3.11. The Morgan fingerprint density at radius 1 is 0.847 bits per heavy atom. The molecule has 4 aromatic carbocycles. The molecule has 3 fully saturated rings. The number of fused-ring (bicyclic) bond motifs is 5. The quantitative estimate of drug-likeness (QED) is 0.101. The molecule has 12 heteroatoms. The number of hydrogen-bond donors (Lipinski definition) is 1. The number of amides is 4. The molecular formula is C47H37ClN4O6S. The van der Waals surface area contributed by atoms with E-state index in [1.807, 2.05) is 50.3 Å². The fourth-order valence-corrected chi connectivity index (χ4v) is 11.6. The van der Waals surface area contributed by atoms with Gasteiger partial charge in [0.25, 0.3) is 0 Å². The minimum Gasteiger partial charge on any atom is -0.508 e. The Labute approximate surface area is 348 Å². The van der Waals surface area contributed by atoms with Gasteiger partial charge < -0.3 is 5.11 Å². The molecule has 2 aliphatic heterocycles. The number of rotatable bonds is 6. The van der Waals surface area contributed by atoms with E-state index in [2.05, 4.69) is 0 Å². The zero-order valence-electron chi connectivity index (χ0n) is 32.3. The number of aromatic nitrogens is 2. The number of aryl methyl sites for hydroxylation is 2. The van der Waals surface area contributed by atoms with Crippen LogP contribution in [0.3, 0.4) is 0 Å². The Balaban J connectivity index is 1.02. The maximum absolute atomic E-state index is 15.1. The van der Waals surface area contributed by atoms with Crippen LogP contribution in [-0.4, -0.2) is 44.3 Å². The highest BCUT2D eigenvalue weighted by molar-refractivity contribution is 7.22. The molecule has 59 heavy (non-hydrogen) atoms. The van der Waals surface area contributed by atoms with E-state index in [-0.39, 0.29) is 36.2 Å². The normalized spacial score (nSPS) is 25.0. The molecule has 1 saturated carbocycles. The van der Waals surface area contributed by atoms with Crippen LogP contribution < -0.4 is 9.80 Å². The molecule has 4 aliphatic rings. The monoisotopic (exact) mass is 820 g/mol. The smallest absolute Gasteiger partial charge is 0.242 e.